The minimum Gasteiger partial charge on any atom is -0.494 e. The Balaban J connectivity index is 2.04. The van der Waals surface area contributed by atoms with Crippen LogP contribution < -0.4 is 10.1 Å². The van der Waals surface area contributed by atoms with Crippen molar-refractivity contribution in [3.63, 3.8) is 0 Å². The summed E-state index contributed by atoms with van der Waals surface area (Å²) in [7, 11) is -2.00. The first kappa shape index (κ1) is 21.1. The third-order valence-corrected chi connectivity index (χ3v) is 4.67. The Bertz CT molecular complexity index is 437. The highest BCUT2D eigenvalue weighted by atomic mass is 31.1. The molecule has 0 heterocycles. The van der Waals surface area contributed by atoms with Gasteiger partial charge in [0.15, 0.2) is 6.16 Å². The van der Waals surface area contributed by atoms with Crippen LogP contribution in [0.2, 0.25) is 0 Å². The summed E-state index contributed by atoms with van der Waals surface area (Å²) in [5, 5.41) is 3.28. The number of ether oxygens (including phenoxy) is 1. The molecule has 0 bridgehead atoms. The zero-order valence-corrected chi connectivity index (χ0v) is 15.9. The van der Waals surface area contributed by atoms with E-state index in [9.17, 15) is 4.57 Å². The predicted molar refractivity (Wildman–Crippen MR) is 101 cm³/mol. The Morgan fingerprint density at radius 3 is 2.33 bits per heavy atom. The standard InChI is InChI=1S/C19H32NO3P/c1-2-3-4-5-6-7-8-15-23-19-12-10-18(11-13-19)17-20-14-9-16-24(21)22/h10-13,20H,2-9,14-17H2,1H3/p+1. The first-order chi connectivity index (χ1) is 11.7. The lowest BCUT2D eigenvalue weighted by atomic mass is 10.1. The normalized spacial score (nSPS) is 11.5. The first-order valence-electron chi connectivity index (χ1n) is 9.28. The molecule has 1 atom stereocenters. The number of nitrogens with one attached hydrogen (secondary N) is 1. The van der Waals surface area contributed by atoms with E-state index in [4.69, 9.17) is 9.63 Å². The zero-order valence-electron chi connectivity index (χ0n) is 15.0. The van der Waals surface area contributed by atoms with Crippen molar-refractivity contribution in [1.82, 2.24) is 5.32 Å². The van der Waals surface area contributed by atoms with Gasteiger partial charge in [-0.05, 0) is 35.2 Å². The van der Waals surface area contributed by atoms with Gasteiger partial charge < -0.3 is 10.1 Å². The highest BCUT2D eigenvalue weighted by Gasteiger charge is 2.07. The van der Waals surface area contributed by atoms with Gasteiger partial charge in [0.1, 0.15) is 5.75 Å². The van der Waals surface area contributed by atoms with Crippen LogP contribution in [0, 0.1) is 0 Å². The van der Waals surface area contributed by atoms with Crippen LogP contribution in [0.3, 0.4) is 0 Å². The molecule has 0 amide bonds. The Labute approximate surface area is 147 Å². The molecule has 24 heavy (non-hydrogen) atoms. The lowest BCUT2D eigenvalue weighted by Gasteiger charge is -2.08. The number of hydrogen-bond acceptors (Lipinski definition) is 3. The number of hydrogen-bond donors (Lipinski definition) is 2. The topological polar surface area (TPSA) is 58.6 Å². The molecule has 1 aromatic carbocycles. The summed E-state index contributed by atoms with van der Waals surface area (Å²) < 4.78 is 16.3. The molecule has 136 valence electrons. The molecule has 0 saturated heterocycles. The van der Waals surface area contributed by atoms with Crippen LogP contribution in [0.5, 0.6) is 5.75 Å². The van der Waals surface area contributed by atoms with Gasteiger partial charge in [-0.3, -0.25) is 0 Å². The van der Waals surface area contributed by atoms with Gasteiger partial charge in [-0.25, -0.2) is 0 Å². The molecule has 0 aliphatic carbocycles. The second kappa shape index (κ2) is 14.4. The number of rotatable bonds is 15. The maximum absolute atomic E-state index is 10.6. The summed E-state index contributed by atoms with van der Waals surface area (Å²) in [6.07, 6.45) is 10.2. The van der Waals surface area contributed by atoms with Crippen LogP contribution in [0.4, 0.5) is 0 Å². The summed E-state index contributed by atoms with van der Waals surface area (Å²) in [4.78, 5) is 8.72. The van der Waals surface area contributed by atoms with Gasteiger partial charge in [-0.15, -0.1) is 0 Å². The molecule has 0 radical (unpaired) electrons. The molecule has 2 N–H and O–H groups in total. The monoisotopic (exact) mass is 354 g/mol. The van der Waals surface area contributed by atoms with Crippen molar-refractivity contribution in [2.75, 3.05) is 19.3 Å². The van der Waals surface area contributed by atoms with E-state index in [1.807, 2.05) is 12.1 Å². The molecular weight excluding hydrogens is 321 g/mol. The maximum Gasteiger partial charge on any atom is 0.505 e. The maximum atomic E-state index is 10.6. The fraction of sp³-hybridized carbons (Fsp3) is 0.684. The van der Waals surface area contributed by atoms with E-state index in [2.05, 4.69) is 24.4 Å². The molecule has 1 aromatic rings. The molecule has 0 aromatic heterocycles. The molecule has 0 aliphatic heterocycles. The van der Waals surface area contributed by atoms with Gasteiger partial charge in [0, 0.05) is 13.0 Å². The number of unbranched alkanes of at least 4 members (excludes halogenated alkanes) is 6. The Morgan fingerprint density at radius 2 is 1.67 bits per heavy atom. The lowest BCUT2D eigenvalue weighted by molar-refractivity contribution is 0.304. The van der Waals surface area contributed by atoms with Crippen molar-refractivity contribution in [1.29, 1.82) is 0 Å². The molecule has 1 unspecified atom stereocenters. The molecule has 0 saturated carbocycles. The van der Waals surface area contributed by atoms with Gasteiger partial charge in [0.25, 0.3) is 0 Å². The average Bonchev–Trinajstić information content (AvgIpc) is 2.58. The van der Waals surface area contributed by atoms with Crippen LogP contribution in [0.25, 0.3) is 0 Å². The van der Waals surface area contributed by atoms with Crippen LogP contribution >= 0.6 is 8.03 Å². The van der Waals surface area contributed by atoms with Crippen LogP contribution in [0.1, 0.15) is 63.9 Å². The summed E-state index contributed by atoms with van der Waals surface area (Å²) >= 11 is 0. The van der Waals surface area contributed by atoms with Gasteiger partial charge in [-0.2, -0.15) is 4.89 Å². The molecule has 0 spiro atoms. The third kappa shape index (κ3) is 11.6. The van der Waals surface area contributed by atoms with E-state index >= 15 is 0 Å². The minimum atomic E-state index is -2.00. The van der Waals surface area contributed by atoms with Gasteiger partial charge in [0.2, 0.25) is 0 Å². The Morgan fingerprint density at radius 1 is 1.00 bits per heavy atom. The molecule has 5 heteroatoms. The molecule has 0 fully saturated rings. The second-order valence-electron chi connectivity index (χ2n) is 6.22. The molecule has 1 rings (SSSR count). The van der Waals surface area contributed by atoms with Crippen molar-refractivity contribution >= 4 is 8.03 Å². The first-order valence-corrected chi connectivity index (χ1v) is 10.7. The summed E-state index contributed by atoms with van der Waals surface area (Å²) in [6.45, 7) is 4.58. The molecule has 4 nitrogen and oxygen atoms in total. The SMILES string of the molecule is CCCCCCCCCOc1ccc(CNCCC[P+](=O)O)cc1. The van der Waals surface area contributed by atoms with Crippen molar-refractivity contribution in [2.45, 2.75) is 64.8 Å². The van der Waals surface area contributed by atoms with Crippen molar-refractivity contribution in [3.8, 4) is 5.75 Å². The van der Waals surface area contributed by atoms with Crippen LogP contribution in [-0.2, 0) is 11.1 Å². The van der Waals surface area contributed by atoms with Crippen molar-refractivity contribution < 1.29 is 14.2 Å². The van der Waals surface area contributed by atoms with E-state index in [0.717, 1.165) is 38.3 Å². The molecular formula is C19H33NO3P+. The van der Waals surface area contributed by atoms with E-state index in [0.29, 0.717) is 6.16 Å². The largest absolute Gasteiger partial charge is 0.505 e. The number of benzene rings is 1. The molecule has 0 aliphatic rings. The third-order valence-electron chi connectivity index (χ3n) is 3.97. The smallest absolute Gasteiger partial charge is 0.494 e. The lowest BCUT2D eigenvalue weighted by Crippen LogP contribution is -2.15. The van der Waals surface area contributed by atoms with Crippen LogP contribution in [0.15, 0.2) is 24.3 Å². The average molecular weight is 354 g/mol. The summed E-state index contributed by atoms with van der Waals surface area (Å²) in [5.41, 5.74) is 1.20. The van der Waals surface area contributed by atoms with Crippen molar-refractivity contribution in [2.24, 2.45) is 0 Å². The van der Waals surface area contributed by atoms with Crippen LogP contribution in [-0.4, -0.2) is 24.2 Å². The fourth-order valence-electron chi connectivity index (χ4n) is 2.52. The second-order valence-corrected chi connectivity index (χ2v) is 7.37. The fourth-order valence-corrected chi connectivity index (χ4v) is 2.95. The van der Waals surface area contributed by atoms with E-state index < -0.39 is 8.03 Å². The predicted octanol–water partition coefficient (Wildman–Crippen LogP) is 5.03. The van der Waals surface area contributed by atoms with E-state index in [-0.39, 0.29) is 0 Å². The zero-order chi connectivity index (χ0) is 17.5. The van der Waals surface area contributed by atoms with Crippen molar-refractivity contribution in [3.05, 3.63) is 29.8 Å². The summed E-state index contributed by atoms with van der Waals surface area (Å²) in [6, 6.07) is 8.17. The Hall–Kier alpha value is -0.960. The highest BCUT2D eigenvalue weighted by molar-refractivity contribution is 7.37. The highest BCUT2D eigenvalue weighted by Crippen LogP contribution is 2.14. The van der Waals surface area contributed by atoms with E-state index in [1.54, 1.807) is 0 Å². The summed E-state index contributed by atoms with van der Waals surface area (Å²) in [5.74, 6) is 0.932. The quantitative estimate of drug-likeness (QED) is 0.342. The minimum absolute atomic E-state index is 0.369. The Kier molecular flexibility index (Phi) is 12.6. The van der Waals surface area contributed by atoms with Gasteiger partial charge in [0.05, 0.1) is 6.61 Å². The van der Waals surface area contributed by atoms with Gasteiger partial charge in [-0.1, -0.05) is 57.6 Å². The van der Waals surface area contributed by atoms with Gasteiger partial charge >= 0.3 is 8.03 Å². The van der Waals surface area contributed by atoms with E-state index in [1.165, 1.54) is 44.1 Å².